The molecule has 2 aromatic carbocycles. The standard InChI is InChI=1S/C15H11ClN2O2/c16-13-6-3-11(8-17)7-14(13)18-9-10-1-4-12(5-2-10)15(19)20/h1-7,18H,9H2,(H,19,20). The number of anilines is 1. The van der Waals surface area contributed by atoms with Crippen LogP contribution in [0.15, 0.2) is 42.5 Å². The molecule has 0 spiro atoms. The Morgan fingerprint density at radius 2 is 1.95 bits per heavy atom. The number of aromatic carboxylic acids is 1. The van der Waals surface area contributed by atoms with Crippen molar-refractivity contribution >= 4 is 23.3 Å². The van der Waals surface area contributed by atoms with E-state index >= 15 is 0 Å². The zero-order valence-electron chi connectivity index (χ0n) is 10.4. The Balaban J connectivity index is 2.09. The number of hydrogen-bond acceptors (Lipinski definition) is 3. The normalized spacial score (nSPS) is 9.80. The van der Waals surface area contributed by atoms with Crippen LogP contribution < -0.4 is 5.32 Å². The van der Waals surface area contributed by atoms with Crippen LogP contribution in [0.4, 0.5) is 5.69 Å². The number of nitriles is 1. The summed E-state index contributed by atoms with van der Waals surface area (Å²) in [5.41, 5.74) is 2.37. The first-order valence-electron chi connectivity index (χ1n) is 5.86. The maximum absolute atomic E-state index is 10.7. The quantitative estimate of drug-likeness (QED) is 0.902. The molecule has 0 saturated carbocycles. The maximum atomic E-state index is 10.7. The lowest BCUT2D eigenvalue weighted by molar-refractivity contribution is 0.0697. The van der Waals surface area contributed by atoms with Gasteiger partial charge in [0.15, 0.2) is 0 Å². The highest BCUT2D eigenvalue weighted by Crippen LogP contribution is 2.23. The molecule has 4 nitrogen and oxygen atoms in total. The molecule has 0 aliphatic carbocycles. The fourth-order valence-corrected chi connectivity index (χ4v) is 1.88. The van der Waals surface area contributed by atoms with Gasteiger partial charge in [-0.1, -0.05) is 23.7 Å². The van der Waals surface area contributed by atoms with Gasteiger partial charge in [-0.2, -0.15) is 5.26 Å². The Morgan fingerprint density at radius 1 is 1.25 bits per heavy atom. The van der Waals surface area contributed by atoms with Crippen molar-refractivity contribution in [3.05, 3.63) is 64.2 Å². The number of carbonyl (C=O) groups is 1. The highest BCUT2D eigenvalue weighted by atomic mass is 35.5. The van der Waals surface area contributed by atoms with Crippen molar-refractivity contribution in [1.29, 1.82) is 5.26 Å². The van der Waals surface area contributed by atoms with Gasteiger partial charge in [0.05, 0.1) is 27.9 Å². The van der Waals surface area contributed by atoms with E-state index in [1.165, 1.54) is 0 Å². The molecule has 2 rings (SSSR count). The number of benzene rings is 2. The van der Waals surface area contributed by atoms with Gasteiger partial charge in [0.2, 0.25) is 0 Å². The van der Waals surface area contributed by atoms with Crippen molar-refractivity contribution in [3.8, 4) is 6.07 Å². The lowest BCUT2D eigenvalue weighted by Gasteiger charge is -2.09. The average Bonchev–Trinajstić information content (AvgIpc) is 2.47. The number of carboxylic acid groups (broad SMARTS) is 1. The zero-order chi connectivity index (χ0) is 14.5. The summed E-state index contributed by atoms with van der Waals surface area (Å²) in [5.74, 6) is -0.950. The van der Waals surface area contributed by atoms with E-state index in [4.69, 9.17) is 22.0 Å². The molecule has 0 unspecified atom stereocenters. The van der Waals surface area contributed by atoms with Crippen molar-refractivity contribution in [2.24, 2.45) is 0 Å². The summed E-state index contributed by atoms with van der Waals surface area (Å²) in [7, 11) is 0. The summed E-state index contributed by atoms with van der Waals surface area (Å²) in [6.45, 7) is 0.495. The van der Waals surface area contributed by atoms with E-state index in [2.05, 4.69) is 5.32 Å². The fourth-order valence-electron chi connectivity index (χ4n) is 1.69. The maximum Gasteiger partial charge on any atom is 0.335 e. The van der Waals surface area contributed by atoms with Crippen molar-refractivity contribution in [2.45, 2.75) is 6.54 Å². The SMILES string of the molecule is N#Cc1ccc(Cl)c(NCc2ccc(C(=O)O)cc2)c1. The summed E-state index contributed by atoms with van der Waals surface area (Å²) in [6, 6.07) is 13.6. The minimum Gasteiger partial charge on any atom is -0.478 e. The van der Waals surface area contributed by atoms with Crippen LogP contribution in [0.1, 0.15) is 21.5 Å². The molecule has 0 amide bonds. The first kappa shape index (κ1) is 13.9. The van der Waals surface area contributed by atoms with Gasteiger partial charge >= 0.3 is 5.97 Å². The highest BCUT2D eigenvalue weighted by molar-refractivity contribution is 6.33. The van der Waals surface area contributed by atoms with Crippen LogP contribution in [0.25, 0.3) is 0 Å². The first-order chi connectivity index (χ1) is 9.60. The number of carboxylic acids is 1. The Bertz CT molecular complexity index is 675. The monoisotopic (exact) mass is 286 g/mol. The van der Waals surface area contributed by atoms with E-state index in [0.29, 0.717) is 22.8 Å². The Labute approximate surface area is 121 Å². The van der Waals surface area contributed by atoms with Crippen molar-refractivity contribution < 1.29 is 9.90 Å². The molecule has 0 fully saturated rings. The van der Waals surface area contributed by atoms with Gasteiger partial charge in [0.25, 0.3) is 0 Å². The van der Waals surface area contributed by atoms with Crippen molar-refractivity contribution in [1.82, 2.24) is 0 Å². The van der Waals surface area contributed by atoms with E-state index in [1.54, 1.807) is 42.5 Å². The summed E-state index contributed by atoms with van der Waals surface area (Å²) >= 11 is 6.04. The average molecular weight is 287 g/mol. The van der Waals surface area contributed by atoms with Crippen LogP contribution in [0, 0.1) is 11.3 Å². The summed E-state index contributed by atoms with van der Waals surface area (Å²) in [6.07, 6.45) is 0. The molecule has 0 aromatic heterocycles. The molecule has 0 aliphatic heterocycles. The molecule has 0 aliphatic rings. The van der Waals surface area contributed by atoms with Crippen LogP contribution in [0.5, 0.6) is 0 Å². The summed E-state index contributed by atoms with van der Waals surface area (Å²) in [5, 5.41) is 21.3. The predicted octanol–water partition coefficient (Wildman–Crippen LogP) is 3.52. The molecular weight excluding hydrogens is 276 g/mol. The number of nitrogens with zero attached hydrogens (tertiary/aromatic N) is 1. The fraction of sp³-hybridized carbons (Fsp3) is 0.0667. The first-order valence-corrected chi connectivity index (χ1v) is 6.23. The molecule has 0 saturated heterocycles. The van der Waals surface area contributed by atoms with Crippen molar-refractivity contribution in [3.63, 3.8) is 0 Å². The van der Waals surface area contributed by atoms with E-state index in [-0.39, 0.29) is 5.56 Å². The molecule has 2 N–H and O–H groups in total. The van der Waals surface area contributed by atoms with Gasteiger partial charge in [-0.05, 0) is 35.9 Å². The van der Waals surface area contributed by atoms with Crippen LogP contribution in [0.3, 0.4) is 0 Å². The lowest BCUT2D eigenvalue weighted by Crippen LogP contribution is -2.01. The summed E-state index contributed by atoms with van der Waals surface area (Å²) in [4.78, 5) is 10.7. The van der Waals surface area contributed by atoms with Gasteiger partial charge in [-0.25, -0.2) is 4.79 Å². The Morgan fingerprint density at radius 3 is 2.55 bits per heavy atom. The van der Waals surface area contributed by atoms with E-state index in [0.717, 1.165) is 5.56 Å². The topological polar surface area (TPSA) is 73.1 Å². The third-order valence-electron chi connectivity index (χ3n) is 2.78. The third-order valence-corrected chi connectivity index (χ3v) is 3.11. The lowest BCUT2D eigenvalue weighted by atomic mass is 10.1. The number of hydrogen-bond donors (Lipinski definition) is 2. The summed E-state index contributed by atoms with van der Waals surface area (Å²) < 4.78 is 0. The number of halogens is 1. The van der Waals surface area contributed by atoms with E-state index < -0.39 is 5.97 Å². The Hall–Kier alpha value is -2.51. The second-order valence-corrected chi connectivity index (χ2v) is 4.57. The van der Waals surface area contributed by atoms with Crippen LogP contribution in [-0.4, -0.2) is 11.1 Å². The molecule has 20 heavy (non-hydrogen) atoms. The third kappa shape index (κ3) is 3.28. The van der Waals surface area contributed by atoms with E-state index in [9.17, 15) is 4.79 Å². The van der Waals surface area contributed by atoms with Gasteiger partial charge in [-0.3, -0.25) is 0 Å². The smallest absolute Gasteiger partial charge is 0.335 e. The molecule has 0 radical (unpaired) electrons. The molecule has 0 heterocycles. The molecule has 0 atom stereocenters. The van der Waals surface area contributed by atoms with Crippen LogP contribution in [-0.2, 0) is 6.54 Å². The zero-order valence-corrected chi connectivity index (χ0v) is 11.2. The van der Waals surface area contributed by atoms with Crippen LogP contribution >= 0.6 is 11.6 Å². The molecule has 100 valence electrons. The molecular formula is C15H11ClN2O2. The van der Waals surface area contributed by atoms with Gasteiger partial charge in [0.1, 0.15) is 0 Å². The second-order valence-electron chi connectivity index (χ2n) is 4.16. The molecule has 0 bridgehead atoms. The van der Waals surface area contributed by atoms with E-state index in [1.807, 2.05) is 6.07 Å². The minimum atomic E-state index is -0.950. The number of rotatable bonds is 4. The second kappa shape index (κ2) is 6.09. The Kier molecular flexibility index (Phi) is 4.24. The van der Waals surface area contributed by atoms with Crippen molar-refractivity contribution in [2.75, 3.05) is 5.32 Å². The van der Waals surface area contributed by atoms with Crippen LogP contribution in [0.2, 0.25) is 5.02 Å². The minimum absolute atomic E-state index is 0.248. The van der Waals surface area contributed by atoms with Gasteiger partial charge in [0, 0.05) is 6.54 Å². The largest absolute Gasteiger partial charge is 0.478 e. The number of nitrogens with one attached hydrogen (secondary N) is 1. The highest BCUT2D eigenvalue weighted by Gasteiger charge is 2.04. The van der Waals surface area contributed by atoms with Gasteiger partial charge in [-0.15, -0.1) is 0 Å². The molecule has 2 aromatic rings. The predicted molar refractivity (Wildman–Crippen MR) is 76.9 cm³/mol. The van der Waals surface area contributed by atoms with Gasteiger partial charge < -0.3 is 10.4 Å². The molecule has 5 heteroatoms.